The van der Waals surface area contributed by atoms with Crippen molar-refractivity contribution in [3.05, 3.63) is 57.3 Å². The minimum atomic E-state index is 0.154. The average Bonchev–Trinajstić information content (AvgIpc) is 2.91. The van der Waals surface area contributed by atoms with Gasteiger partial charge in [0, 0.05) is 29.6 Å². The van der Waals surface area contributed by atoms with Gasteiger partial charge in [0.1, 0.15) is 5.84 Å². The summed E-state index contributed by atoms with van der Waals surface area (Å²) in [4.78, 5) is 3.99. The summed E-state index contributed by atoms with van der Waals surface area (Å²) in [5.41, 5.74) is 9.14. The molecule has 0 fully saturated rings. The number of benzene rings is 1. The van der Waals surface area contributed by atoms with Gasteiger partial charge in [-0.3, -0.25) is 10.3 Å². The van der Waals surface area contributed by atoms with E-state index in [4.69, 9.17) is 11.1 Å². The predicted molar refractivity (Wildman–Crippen MR) is 84.3 cm³/mol. The van der Waals surface area contributed by atoms with Gasteiger partial charge in [0.15, 0.2) is 0 Å². The molecule has 3 rings (SSSR count). The van der Waals surface area contributed by atoms with Crippen LogP contribution in [0.5, 0.6) is 0 Å². The van der Waals surface area contributed by atoms with Crippen molar-refractivity contribution in [3.63, 3.8) is 0 Å². The molecule has 3 N–H and O–H groups in total. The molecule has 1 aromatic carbocycles. The van der Waals surface area contributed by atoms with E-state index in [1.165, 1.54) is 10.4 Å². The first-order valence-corrected chi connectivity index (χ1v) is 7.77. The fourth-order valence-electron chi connectivity index (χ4n) is 2.92. The average molecular weight is 285 g/mol. The van der Waals surface area contributed by atoms with E-state index in [0.29, 0.717) is 6.04 Å². The number of nitrogens with two attached hydrogens (primary N) is 1. The van der Waals surface area contributed by atoms with Crippen molar-refractivity contribution in [2.75, 3.05) is 6.54 Å². The monoisotopic (exact) mass is 285 g/mol. The SMILES string of the molecule is CC1c2ccsc2CCN1Cc1ccccc1C(=N)N. The highest BCUT2D eigenvalue weighted by Crippen LogP contribution is 2.33. The fraction of sp³-hybridized carbons (Fsp3) is 0.312. The van der Waals surface area contributed by atoms with Crippen LogP contribution in [-0.4, -0.2) is 17.3 Å². The van der Waals surface area contributed by atoms with Gasteiger partial charge in [-0.25, -0.2) is 0 Å². The standard InChI is InChI=1S/C16H19N3S/c1-11-13-7-9-20-15(13)6-8-19(11)10-12-4-2-3-5-14(12)16(17)18/h2-5,7,9,11H,6,8,10H2,1H3,(H3,17,18). The maximum atomic E-state index is 7.70. The Labute approximate surface area is 123 Å². The topological polar surface area (TPSA) is 53.1 Å². The molecule has 1 aliphatic rings. The van der Waals surface area contributed by atoms with E-state index in [9.17, 15) is 0 Å². The Kier molecular flexibility index (Phi) is 3.59. The second kappa shape index (κ2) is 5.38. The summed E-state index contributed by atoms with van der Waals surface area (Å²) in [7, 11) is 0. The normalized spacial score (nSPS) is 18.8. The molecule has 3 nitrogen and oxygen atoms in total. The molecule has 0 bridgehead atoms. The summed E-state index contributed by atoms with van der Waals surface area (Å²) in [6.07, 6.45) is 1.12. The van der Waals surface area contributed by atoms with Crippen molar-refractivity contribution in [2.24, 2.45) is 5.73 Å². The Hall–Kier alpha value is -1.65. The van der Waals surface area contributed by atoms with Gasteiger partial charge in [-0.15, -0.1) is 11.3 Å². The van der Waals surface area contributed by atoms with Crippen molar-refractivity contribution >= 4 is 17.2 Å². The van der Waals surface area contributed by atoms with Crippen LogP contribution in [0.1, 0.15) is 34.5 Å². The summed E-state index contributed by atoms with van der Waals surface area (Å²) in [6.45, 7) is 4.19. The highest BCUT2D eigenvalue weighted by molar-refractivity contribution is 7.10. The second-order valence-corrected chi connectivity index (χ2v) is 6.27. The van der Waals surface area contributed by atoms with Crippen LogP contribution >= 0.6 is 11.3 Å². The molecule has 2 heterocycles. The number of nitrogens with zero attached hydrogens (tertiary/aromatic N) is 1. The molecule has 0 aliphatic carbocycles. The van der Waals surface area contributed by atoms with Crippen LogP contribution in [0.2, 0.25) is 0 Å². The van der Waals surface area contributed by atoms with Crippen molar-refractivity contribution in [1.29, 1.82) is 5.41 Å². The van der Waals surface area contributed by atoms with Gasteiger partial charge in [-0.05, 0) is 35.9 Å². The van der Waals surface area contributed by atoms with E-state index in [1.807, 2.05) is 29.5 Å². The van der Waals surface area contributed by atoms with E-state index in [0.717, 1.165) is 30.6 Å². The minimum Gasteiger partial charge on any atom is -0.384 e. The number of amidine groups is 1. The number of hydrogen-bond donors (Lipinski definition) is 2. The van der Waals surface area contributed by atoms with Gasteiger partial charge in [0.2, 0.25) is 0 Å². The van der Waals surface area contributed by atoms with Crippen molar-refractivity contribution in [3.8, 4) is 0 Å². The molecule has 0 saturated carbocycles. The van der Waals surface area contributed by atoms with E-state index < -0.39 is 0 Å². The predicted octanol–water partition coefficient (Wildman–Crippen LogP) is 3.15. The highest BCUT2D eigenvalue weighted by Gasteiger charge is 2.25. The molecule has 1 aliphatic heterocycles. The molecule has 2 aromatic rings. The largest absolute Gasteiger partial charge is 0.384 e. The number of hydrogen-bond acceptors (Lipinski definition) is 3. The lowest BCUT2D eigenvalue weighted by molar-refractivity contribution is 0.191. The third-order valence-corrected chi connectivity index (χ3v) is 5.08. The number of nitrogen functional groups attached to an aromatic ring is 1. The first kappa shape index (κ1) is 13.3. The summed E-state index contributed by atoms with van der Waals surface area (Å²) in [5, 5.41) is 9.89. The van der Waals surface area contributed by atoms with Gasteiger partial charge in [-0.1, -0.05) is 24.3 Å². The second-order valence-electron chi connectivity index (χ2n) is 5.27. The van der Waals surface area contributed by atoms with Gasteiger partial charge < -0.3 is 5.73 Å². The van der Waals surface area contributed by atoms with Gasteiger partial charge >= 0.3 is 0 Å². The molecule has 20 heavy (non-hydrogen) atoms. The summed E-state index contributed by atoms with van der Waals surface area (Å²) in [5.74, 6) is 0.154. The Bertz CT molecular complexity index is 632. The van der Waals surface area contributed by atoms with E-state index in [-0.39, 0.29) is 5.84 Å². The lowest BCUT2D eigenvalue weighted by atomic mass is 9.99. The van der Waals surface area contributed by atoms with Crippen LogP contribution in [0, 0.1) is 5.41 Å². The maximum absolute atomic E-state index is 7.70. The molecule has 1 aromatic heterocycles. The van der Waals surface area contributed by atoms with Crippen LogP contribution in [0.15, 0.2) is 35.7 Å². The minimum absolute atomic E-state index is 0.154. The van der Waals surface area contributed by atoms with Crippen molar-refractivity contribution < 1.29 is 0 Å². The molecule has 0 radical (unpaired) electrons. The zero-order valence-corrected chi connectivity index (χ0v) is 12.4. The molecule has 1 unspecified atom stereocenters. The number of rotatable bonds is 3. The maximum Gasteiger partial charge on any atom is 0.123 e. The van der Waals surface area contributed by atoms with Crippen LogP contribution in [0.25, 0.3) is 0 Å². The molecule has 0 amide bonds. The number of thiophene rings is 1. The van der Waals surface area contributed by atoms with Gasteiger partial charge in [0.05, 0.1) is 0 Å². The Balaban J connectivity index is 1.85. The molecular formula is C16H19N3S. The molecule has 4 heteroatoms. The fourth-order valence-corrected chi connectivity index (χ4v) is 3.88. The number of nitrogens with one attached hydrogen (secondary N) is 1. The van der Waals surface area contributed by atoms with E-state index in [2.05, 4.69) is 29.3 Å². The van der Waals surface area contributed by atoms with Gasteiger partial charge in [-0.2, -0.15) is 0 Å². The zero-order chi connectivity index (χ0) is 14.1. The smallest absolute Gasteiger partial charge is 0.123 e. The summed E-state index contributed by atoms with van der Waals surface area (Å²) >= 11 is 1.86. The zero-order valence-electron chi connectivity index (χ0n) is 11.6. The lowest BCUT2D eigenvalue weighted by Crippen LogP contribution is -2.33. The van der Waals surface area contributed by atoms with E-state index >= 15 is 0 Å². The molecule has 104 valence electrons. The van der Waals surface area contributed by atoms with Crippen molar-refractivity contribution in [2.45, 2.75) is 25.9 Å². The molecule has 1 atom stereocenters. The third-order valence-electron chi connectivity index (χ3n) is 4.08. The molecule has 0 spiro atoms. The Morgan fingerprint density at radius 3 is 3.00 bits per heavy atom. The third kappa shape index (κ3) is 2.37. The van der Waals surface area contributed by atoms with Crippen LogP contribution < -0.4 is 5.73 Å². The van der Waals surface area contributed by atoms with Gasteiger partial charge in [0.25, 0.3) is 0 Å². The Morgan fingerprint density at radius 2 is 2.20 bits per heavy atom. The summed E-state index contributed by atoms with van der Waals surface area (Å²) in [6, 6.07) is 10.6. The Morgan fingerprint density at radius 1 is 1.40 bits per heavy atom. The number of fused-ring (bicyclic) bond motifs is 1. The van der Waals surface area contributed by atoms with Crippen LogP contribution in [0.3, 0.4) is 0 Å². The first-order chi connectivity index (χ1) is 9.66. The highest BCUT2D eigenvalue weighted by atomic mass is 32.1. The van der Waals surface area contributed by atoms with E-state index in [1.54, 1.807) is 0 Å². The quantitative estimate of drug-likeness (QED) is 0.672. The van der Waals surface area contributed by atoms with Crippen LogP contribution in [0.4, 0.5) is 0 Å². The summed E-state index contributed by atoms with van der Waals surface area (Å²) < 4.78 is 0. The molecule has 0 saturated heterocycles. The first-order valence-electron chi connectivity index (χ1n) is 6.89. The van der Waals surface area contributed by atoms with Crippen LogP contribution in [-0.2, 0) is 13.0 Å². The molecular weight excluding hydrogens is 266 g/mol. The lowest BCUT2D eigenvalue weighted by Gasteiger charge is -2.34. The van der Waals surface area contributed by atoms with Crippen molar-refractivity contribution in [1.82, 2.24) is 4.90 Å².